The molecule has 1 N–H and O–H groups in total. The second-order valence-corrected chi connectivity index (χ2v) is 6.77. The summed E-state index contributed by atoms with van der Waals surface area (Å²) in [5, 5.41) is 14.7. The number of alkyl halides is 3. The molecule has 1 amide bonds. The number of halogens is 4. The Morgan fingerprint density at radius 1 is 1.19 bits per heavy atom. The number of benzene rings is 2. The number of aliphatic hydroxyl groups is 1. The highest BCUT2D eigenvalue weighted by Crippen LogP contribution is 2.40. The molecule has 0 radical (unpaired) electrons. The van der Waals surface area contributed by atoms with Crippen LogP contribution in [-0.2, 0) is 10.5 Å². The molecule has 0 unspecified atom stereocenters. The predicted octanol–water partition coefficient (Wildman–Crippen LogP) is 3.82. The van der Waals surface area contributed by atoms with E-state index in [4.69, 9.17) is 4.74 Å². The summed E-state index contributed by atoms with van der Waals surface area (Å²) < 4.78 is 45.4. The van der Waals surface area contributed by atoms with Gasteiger partial charge < -0.3 is 9.84 Å². The van der Waals surface area contributed by atoms with Crippen LogP contribution in [0.5, 0.6) is 5.75 Å². The molecule has 1 atom stereocenters. The summed E-state index contributed by atoms with van der Waals surface area (Å²) in [7, 11) is 0. The van der Waals surface area contributed by atoms with Gasteiger partial charge in [-0.15, -0.1) is 0 Å². The Morgan fingerprint density at radius 3 is 2.41 bits per heavy atom. The zero-order chi connectivity index (χ0) is 19.7. The lowest BCUT2D eigenvalue weighted by molar-refractivity contribution is -0.160. The van der Waals surface area contributed by atoms with Crippen LogP contribution in [0.15, 0.2) is 64.2 Å². The molecule has 0 bridgehead atoms. The normalized spacial score (nSPS) is 19.7. The number of hydrogen-bond donors (Lipinski definition) is 1. The fourth-order valence-corrected chi connectivity index (χ4v) is 2.89. The largest absolute Gasteiger partial charge is 0.484 e. The van der Waals surface area contributed by atoms with Gasteiger partial charge in [-0.05, 0) is 24.3 Å². The Bertz CT molecular complexity index is 856. The van der Waals surface area contributed by atoms with Crippen molar-refractivity contribution in [3.63, 3.8) is 0 Å². The molecule has 2 aromatic rings. The first-order valence-electron chi connectivity index (χ1n) is 7.84. The van der Waals surface area contributed by atoms with Crippen molar-refractivity contribution in [3.8, 4) is 5.75 Å². The van der Waals surface area contributed by atoms with E-state index in [1.807, 2.05) is 0 Å². The summed E-state index contributed by atoms with van der Waals surface area (Å²) in [5.74, 6) is -0.527. The van der Waals surface area contributed by atoms with Gasteiger partial charge in [-0.2, -0.15) is 23.3 Å². The number of nitrogens with zero attached hydrogens (tertiary/aromatic N) is 2. The van der Waals surface area contributed by atoms with E-state index < -0.39 is 36.5 Å². The maximum Gasteiger partial charge on any atom is 0.431 e. The van der Waals surface area contributed by atoms with Crippen LogP contribution in [-0.4, -0.2) is 34.5 Å². The molecule has 0 fully saturated rings. The molecule has 0 spiro atoms. The molecule has 1 aliphatic heterocycles. The molecule has 1 heterocycles. The van der Waals surface area contributed by atoms with Crippen molar-refractivity contribution in [1.82, 2.24) is 5.01 Å². The van der Waals surface area contributed by atoms with Crippen molar-refractivity contribution in [3.05, 3.63) is 64.6 Å². The Morgan fingerprint density at radius 2 is 1.81 bits per heavy atom. The predicted molar refractivity (Wildman–Crippen MR) is 94.9 cm³/mol. The fraction of sp³-hybridized carbons (Fsp3) is 0.222. The Balaban J connectivity index is 1.88. The van der Waals surface area contributed by atoms with E-state index in [0.717, 1.165) is 0 Å². The van der Waals surface area contributed by atoms with Gasteiger partial charge in [0.05, 0.1) is 6.42 Å². The standard InChI is InChI=1S/C18H14BrF3N2O3/c19-13-8-6-12(7-9-13)17(26)10-15(18(20,21)22)23-24(17)16(25)11-27-14-4-2-1-3-5-14/h1-9,26H,10-11H2/t17-/m1/s1. The van der Waals surface area contributed by atoms with Gasteiger partial charge in [0, 0.05) is 10.0 Å². The van der Waals surface area contributed by atoms with E-state index in [-0.39, 0.29) is 5.56 Å². The summed E-state index contributed by atoms with van der Waals surface area (Å²) in [6, 6.07) is 14.3. The number of hydrogen-bond acceptors (Lipinski definition) is 4. The average molecular weight is 443 g/mol. The monoisotopic (exact) mass is 442 g/mol. The SMILES string of the molecule is O=C(COc1ccccc1)N1N=C(C(F)(F)F)C[C@@]1(O)c1ccc(Br)cc1. The van der Waals surface area contributed by atoms with Crippen LogP contribution in [0.4, 0.5) is 13.2 Å². The van der Waals surface area contributed by atoms with Crippen LogP contribution in [0, 0.1) is 0 Å². The Kier molecular flexibility index (Phi) is 5.25. The third-order valence-corrected chi connectivity index (χ3v) is 4.49. The lowest BCUT2D eigenvalue weighted by Crippen LogP contribution is -2.45. The molecule has 2 aromatic carbocycles. The van der Waals surface area contributed by atoms with Crippen molar-refractivity contribution >= 4 is 27.5 Å². The fourth-order valence-electron chi connectivity index (χ4n) is 2.63. The molecular weight excluding hydrogens is 429 g/mol. The molecule has 1 aliphatic rings. The molecule has 142 valence electrons. The van der Waals surface area contributed by atoms with Crippen molar-refractivity contribution in [1.29, 1.82) is 0 Å². The minimum absolute atomic E-state index is 0.113. The molecular formula is C18H14BrF3N2O3. The summed E-state index contributed by atoms with van der Waals surface area (Å²) in [4.78, 5) is 12.5. The van der Waals surface area contributed by atoms with E-state index in [9.17, 15) is 23.1 Å². The average Bonchev–Trinajstić information content (AvgIpc) is 3.00. The quantitative estimate of drug-likeness (QED) is 0.782. The highest BCUT2D eigenvalue weighted by atomic mass is 79.9. The van der Waals surface area contributed by atoms with E-state index in [1.165, 1.54) is 12.1 Å². The summed E-state index contributed by atoms with van der Waals surface area (Å²) in [5.41, 5.74) is -3.37. The highest BCUT2D eigenvalue weighted by Gasteiger charge is 2.53. The van der Waals surface area contributed by atoms with Crippen molar-refractivity contribution in [2.45, 2.75) is 18.3 Å². The molecule has 5 nitrogen and oxygen atoms in total. The summed E-state index contributed by atoms with van der Waals surface area (Å²) >= 11 is 3.22. The van der Waals surface area contributed by atoms with Crippen LogP contribution >= 0.6 is 15.9 Å². The first-order valence-corrected chi connectivity index (χ1v) is 8.63. The minimum atomic E-state index is -4.77. The molecule has 0 saturated heterocycles. The Hall–Kier alpha value is -2.39. The number of rotatable bonds is 4. The van der Waals surface area contributed by atoms with Crippen LogP contribution in [0.1, 0.15) is 12.0 Å². The number of carbonyl (C=O) groups is 1. The van der Waals surface area contributed by atoms with Gasteiger partial charge in [0.1, 0.15) is 11.5 Å². The second kappa shape index (κ2) is 7.32. The highest BCUT2D eigenvalue weighted by molar-refractivity contribution is 9.10. The van der Waals surface area contributed by atoms with E-state index >= 15 is 0 Å². The van der Waals surface area contributed by atoms with Gasteiger partial charge in [0.25, 0.3) is 5.91 Å². The van der Waals surface area contributed by atoms with Gasteiger partial charge >= 0.3 is 6.18 Å². The van der Waals surface area contributed by atoms with Crippen molar-refractivity contribution in [2.24, 2.45) is 5.10 Å². The smallest absolute Gasteiger partial charge is 0.431 e. The zero-order valence-corrected chi connectivity index (χ0v) is 15.4. The molecule has 0 aromatic heterocycles. The van der Waals surface area contributed by atoms with E-state index in [1.54, 1.807) is 42.5 Å². The number of carbonyl (C=O) groups excluding carboxylic acids is 1. The molecule has 0 saturated carbocycles. The van der Waals surface area contributed by atoms with Crippen LogP contribution in [0.3, 0.4) is 0 Å². The number of hydrazone groups is 1. The lowest BCUT2D eigenvalue weighted by atomic mass is 9.97. The zero-order valence-electron chi connectivity index (χ0n) is 13.8. The number of para-hydroxylation sites is 1. The van der Waals surface area contributed by atoms with Gasteiger partial charge in [-0.25, -0.2) is 0 Å². The van der Waals surface area contributed by atoms with Gasteiger partial charge in [-0.1, -0.05) is 46.3 Å². The molecule has 9 heteroatoms. The minimum Gasteiger partial charge on any atom is -0.484 e. The maximum atomic E-state index is 13.2. The van der Waals surface area contributed by atoms with Crippen LogP contribution in [0.2, 0.25) is 0 Å². The topological polar surface area (TPSA) is 62.1 Å². The van der Waals surface area contributed by atoms with Crippen LogP contribution < -0.4 is 4.74 Å². The van der Waals surface area contributed by atoms with Crippen molar-refractivity contribution in [2.75, 3.05) is 6.61 Å². The number of ether oxygens (including phenoxy) is 1. The summed E-state index contributed by atoms with van der Waals surface area (Å²) in [6.45, 7) is -0.572. The van der Waals surface area contributed by atoms with Gasteiger partial charge in [-0.3, -0.25) is 4.79 Å². The molecule has 3 rings (SSSR count). The van der Waals surface area contributed by atoms with E-state index in [0.29, 0.717) is 15.2 Å². The Labute approximate surface area is 161 Å². The molecule has 0 aliphatic carbocycles. The van der Waals surface area contributed by atoms with E-state index in [2.05, 4.69) is 21.0 Å². The van der Waals surface area contributed by atoms with Gasteiger partial charge in [0.15, 0.2) is 12.3 Å². The maximum absolute atomic E-state index is 13.2. The molecule has 27 heavy (non-hydrogen) atoms. The van der Waals surface area contributed by atoms with Crippen LogP contribution in [0.25, 0.3) is 0 Å². The first kappa shape index (κ1) is 19.4. The second-order valence-electron chi connectivity index (χ2n) is 5.85. The third kappa shape index (κ3) is 4.14. The van der Waals surface area contributed by atoms with Gasteiger partial charge in [0.2, 0.25) is 0 Å². The number of amides is 1. The summed E-state index contributed by atoms with van der Waals surface area (Å²) in [6.07, 6.45) is -5.63. The first-order chi connectivity index (χ1) is 12.7. The van der Waals surface area contributed by atoms with Crippen molar-refractivity contribution < 1.29 is 27.8 Å². The third-order valence-electron chi connectivity index (χ3n) is 3.96. The lowest BCUT2D eigenvalue weighted by Gasteiger charge is -2.31.